The van der Waals surface area contributed by atoms with Crippen LogP contribution in [-0.4, -0.2) is 52.3 Å². The summed E-state index contributed by atoms with van der Waals surface area (Å²) in [4.78, 5) is 42.6. The second-order valence-corrected chi connectivity index (χ2v) is 13.2. The van der Waals surface area contributed by atoms with Crippen LogP contribution in [0, 0.1) is 0 Å². The maximum Gasteiger partial charge on any atom is 0.469 e. The van der Waals surface area contributed by atoms with Gasteiger partial charge in [-0.3, -0.25) is 14.1 Å². The van der Waals surface area contributed by atoms with Gasteiger partial charge in [0.05, 0.1) is 12.7 Å². The normalized spacial score (nSPS) is 14.0. The number of phosphoric ester groups is 1. The van der Waals surface area contributed by atoms with Crippen molar-refractivity contribution in [3.8, 4) is 0 Å². The quantitative estimate of drug-likeness (QED) is 0.0205. The summed E-state index contributed by atoms with van der Waals surface area (Å²) < 4.78 is 26.2. The van der Waals surface area contributed by atoms with Gasteiger partial charge in [0.15, 0.2) is 6.10 Å². The molecule has 0 rings (SSSR count). The van der Waals surface area contributed by atoms with Crippen LogP contribution in [0.3, 0.4) is 0 Å². The Morgan fingerprint density at radius 3 is 1.80 bits per heavy atom. The average Bonchev–Trinajstić information content (AvgIpc) is 3.07. The summed E-state index contributed by atoms with van der Waals surface area (Å²) in [5.41, 5.74) is 0. The zero-order valence-electron chi connectivity index (χ0n) is 30.2. The summed E-state index contributed by atoms with van der Waals surface area (Å²) in [5, 5.41) is 9.44. The van der Waals surface area contributed by atoms with Crippen molar-refractivity contribution >= 4 is 19.8 Å². The number of esters is 2. The number of allylic oxidation sites excluding steroid dienone is 11. The molecule has 0 saturated carbocycles. The Morgan fingerprint density at radius 1 is 0.633 bits per heavy atom. The van der Waals surface area contributed by atoms with Gasteiger partial charge in [0.1, 0.15) is 6.61 Å². The predicted octanol–water partition coefficient (Wildman–Crippen LogP) is 9.70. The lowest BCUT2D eigenvalue weighted by molar-refractivity contribution is -0.161. The van der Waals surface area contributed by atoms with E-state index in [0.29, 0.717) is 25.7 Å². The topological polar surface area (TPSA) is 140 Å². The van der Waals surface area contributed by atoms with Crippen molar-refractivity contribution in [3.05, 3.63) is 72.9 Å². The Labute approximate surface area is 296 Å². The van der Waals surface area contributed by atoms with Crippen molar-refractivity contribution in [1.82, 2.24) is 0 Å². The largest absolute Gasteiger partial charge is 0.469 e. The monoisotopic (exact) mass is 708 g/mol. The maximum absolute atomic E-state index is 12.3. The van der Waals surface area contributed by atoms with Gasteiger partial charge >= 0.3 is 19.8 Å². The zero-order chi connectivity index (χ0) is 36.3. The van der Waals surface area contributed by atoms with Crippen molar-refractivity contribution in [2.24, 2.45) is 0 Å². The first-order valence-electron chi connectivity index (χ1n) is 18.3. The van der Waals surface area contributed by atoms with E-state index in [4.69, 9.17) is 19.3 Å². The molecule has 0 fully saturated rings. The van der Waals surface area contributed by atoms with Gasteiger partial charge in [-0.1, -0.05) is 125 Å². The van der Waals surface area contributed by atoms with E-state index in [1.54, 1.807) is 6.08 Å². The molecule has 3 N–H and O–H groups in total. The molecule has 0 radical (unpaired) electrons. The van der Waals surface area contributed by atoms with Crippen LogP contribution in [0.1, 0.15) is 136 Å². The SMILES string of the molecule is CCCCCC/C=C\CCCCCCCC(=O)O[C@H](COC(=O)CCC/C=C\C/C=C\C/C=C\C/C=C\C=C\[C@@H](O)CC)COP(=O)(O)O. The van der Waals surface area contributed by atoms with Crippen LogP contribution in [0.2, 0.25) is 0 Å². The first-order valence-corrected chi connectivity index (χ1v) is 19.9. The fourth-order valence-corrected chi connectivity index (χ4v) is 4.83. The highest BCUT2D eigenvalue weighted by Crippen LogP contribution is 2.35. The zero-order valence-corrected chi connectivity index (χ0v) is 31.1. The van der Waals surface area contributed by atoms with Gasteiger partial charge in [-0.25, -0.2) is 4.57 Å². The van der Waals surface area contributed by atoms with Gasteiger partial charge in [0.25, 0.3) is 0 Å². The molecule has 0 unspecified atom stereocenters. The Balaban J connectivity index is 4.14. The van der Waals surface area contributed by atoms with Crippen molar-refractivity contribution in [3.63, 3.8) is 0 Å². The number of hydrogen-bond acceptors (Lipinski definition) is 7. The number of carbonyl (C=O) groups is 2. The van der Waals surface area contributed by atoms with E-state index in [1.165, 1.54) is 25.7 Å². The molecule has 10 heteroatoms. The highest BCUT2D eigenvalue weighted by molar-refractivity contribution is 7.46. The number of aliphatic hydroxyl groups excluding tert-OH is 1. The molecule has 0 aliphatic rings. The number of aliphatic hydroxyl groups is 1. The van der Waals surface area contributed by atoms with E-state index in [1.807, 2.05) is 37.3 Å². The Morgan fingerprint density at radius 2 is 1.16 bits per heavy atom. The van der Waals surface area contributed by atoms with E-state index in [2.05, 4.69) is 47.9 Å². The Hall–Kier alpha value is -2.55. The molecule has 0 aliphatic carbocycles. The van der Waals surface area contributed by atoms with Crippen molar-refractivity contribution in [2.45, 2.75) is 148 Å². The van der Waals surface area contributed by atoms with Gasteiger partial charge < -0.3 is 24.4 Å². The summed E-state index contributed by atoms with van der Waals surface area (Å²) in [6.45, 7) is 3.25. The lowest BCUT2D eigenvalue weighted by Crippen LogP contribution is -2.29. The summed E-state index contributed by atoms with van der Waals surface area (Å²) in [6, 6.07) is 0. The number of ether oxygens (including phenoxy) is 2. The molecule has 0 aromatic rings. The second kappa shape index (κ2) is 33.9. The standard InChI is InChI=1S/C39H65O9P/c1-3-5-6-7-8-9-10-13-18-21-24-27-30-33-39(42)48-37(35-47-49(43,44)45)34-46-38(41)32-29-26-23-20-17-15-12-11-14-16-19-22-25-28-31-36(40)4-2/h9-10,12,14-16,20,22-23,25,28,31,36-37,40H,3-8,11,13,17-19,21,24,26-27,29-30,32-35H2,1-2H3,(H2,43,44,45)/b10-9-,15-12-,16-14-,23-20-,25-22-,31-28+/t36-,37+/m0/s1. The third-order valence-corrected chi connectivity index (χ3v) is 7.85. The molecule has 0 heterocycles. The summed E-state index contributed by atoms with van der Waals surface area (Å²) >= 11 is 0. The van der Waals surface area contributed by atoms with Gasteiger partial charge in [-0.05, 0) is 70.6 Å². The smallest absolute Gasteiger partial charge is 0.462 e. The van der Waals surface area contributed by atoms with Crippen molar-refractivity contribution in [1.29, 1.82) is 0 Å². The highest BCUT2D eigenvalue weighted by Gasteiger charge is 2.22. The minimum Gasteiger partial charge on any atom is -0.462 e. The van der Waals surface area contributed by atoms with Gasteiger partial charge in [0, 0.05) is 12.8 Å². The second-order valence-electron chi connectivity index (χ2n) is 12.0. The summed E-state index contributed by atoms with van der Waals surface area (Å²) in [5.74, 6) is -0.991. The van der Waals surface area contributed by atoms with Crippen LogP contribution >= 0.6 is 7.82 Å². The molecule has 0 saturated heterocycles. The van der Waals surface area contributed by atoms with Crippen molar-refractivity contribution < 1.29 is 43.0 Å². The van der Waals surface area contributed by atoms with Crippen molar-refractivity contribution in [2.75, 3.05) is 13.2 Å². The van der Waals surface area contributed by atoms with Crippen LogP contribution in [0.5, 0.6) is 0 Å². The third kappa shape index (κ3) is 36.6. The van der Waals surface area contributed by atoms with Gasteiger partial charge in [0.2, 0.25) is 0 Å². The number of phosphoric acid groups is 1. The Bertz CT molecular complexity index is 1040. The van der Waals surface area contributed by atoms with Gasteiger partial charge in [-0.2, -0.15) is 0 Å². The summed E-state index contributed by atoms with van der Waals surface area (Å²) in [6.07, 6.45) is 40.1. The molecule has 0 aliphatic heterocycles. The molecule has 0 aromatic heterocycles. The molecule has 0 aromatic carbocycles. The van der Waals surface area contributed by atoms with Crippen LogP contribution in [0.25, 0.3) is 0 Å². The minimum atomic E-state index is -4.77. The molecular weight excluding hydrogens is 643 g/mol. The highest BCUT2D eigenvalue weighted by atomic mass is 31.2. The van der Waals surface area contributed by atoms with Gasteiger partial charge in [-0.15, -0.1) is 0 Å². The van der Waals surface area contributed by atoms with Crippen LogP contribution in [0.4, 0.5) is 0 Å². The molecule has 49 heavy (non-hydrogen) atoms. The molecule has 0 amide bonds. The molecular formula is C39H65O9P. The van der Waals surface area contributed by atoms with E-state index in [9.17, 15) is 19.3 Å². The van der Waals surface area contributed by atoms with Crippen LogP contribution < -0.4 is 0 Å². The molecule has 2 atom stereocenters. The maximum atomic E-state index is 12.3. The number of hydrogen-bond donors (Lipinski definition) is 3. The average molecular weight is 709 g/mol. The molecule has 9 nitrogen and oxygen atoms in total. The van der Waals surface area contributed by atoms with E-state index < -0.39 is 32.5 Å². The lowest BCUT2D eigenvalue weighted by atomic mass is 10.1. The van der Waals surface area contributed by atoms with Crippen LogP contribution in [0.15, 0.2) is 72.9 Å². The molecule has 0 spiro atoms. The first-order chi connectivity index (χ1) is 23.7. The number of unbranched alkanes of at least 4 members (excludes halogenated alkanes) is 10. The Kier molecular flexibility index (Phi) is 32.2. The van der Waals surface area contributed by atoms with Crippen LogP contribution in [-0.2, 0) is 28.2 Å². The van der Waals surface area contributed by atoms with E-state index in [-0.39, 0.29) is 25.6 Å². The van der Waals surface area contributed by atoms with E-state index >= 15 is 0 Å². The molecule has 0 bridgehead atoms. The third-order valence-electron chi connectivity index (χ3n) is 7.37. The minimum absolute atomic E-state index is 0.170. The number of carbonyl (C=O) groups excluding carboxylic acids is 2. The fourth-order valence-electron chi connectivity index (χ4n) is 4.47. The van der Waals surface area contributed by atoms with E-state index in [0.717, 1.165) is 57.8 Å². The first kappa shape index (κ1) is 46.5. The lowest BCUT2D eigenvalue weighted by Gasteiger charge is -2.18. The summed E-state index contributed by atoms with van der Waals surface area (Å²) in [7, 11) is -4.77. The number of rotatable bonds is 32. The molecule has 280 valence electrons. The fraction of sp³-hybridized carbons (Fsp3) is 0.641. The predicted molar refractivity (Wildman–Crippen MR) is 199 cm³/mol.